The Bertz CT molecular complexity index is 443. The number of aromatic nitrogens is 2. The van der Waals surface area contributed by atoms with E-state index < -0.39 is 0 Å². The van der Waals surface area contributed by atoms with Crippen LogP contribution < -0.4 is 4.74 Å². The Balaban J connectivity index is 2.74. The number of rotatable bonds is 1. The molecule has 2 aromatic rings. The summed E-state index contributed by atoms with van der Waals surface area (Å²) in [6.45, 7) is 0. The molecule has 0 unspecified atom stereocenters. The summed E-state index contributed by atoms with van der Waals surface area (Å²) in [6, 6.07) is 7.28. The summed E-state index contributed by atoms with van der Waals surface area (Å²) in [5, 5.41) is 9.31. The van der Waals surface area contributed by atoms with Crippen molar-refractivity contribution >= 4 is 11.0 Å². The van der Waals surface area contributed by atoms with Gasteiger partial charge in [0.05, 0.1) is 18.1 Å². The molecule has 0 atom stereocenters. The number of nitrogens with zero attached hydrogens (tertiary/aromatic N) is 2. The molecule has 4 heteroatoms. The summed E-state index contributed by atoms with van der Waals surface area (Å²) in [5.74, 6) is -0.0279. The summed E-state index contributed by atoms with van der Waals surface area (Å²) >= 11 is 0. The van der Waals surface area contributed by atoms with Gasteiger partial charge in [0.25, 0.3) is 11.8 Å². The predicted molar refractivity (Wildman–Crippen MR) is 47.8 cm³/mol. The zero-order valence-corrected chi connectivity index (χ0v) is 7.06. The van der Waals surface area contributed by atoms with E-state index in [2.05, 4.69) is 9.97 Å². The molecule has 0 amide bonds. The van der Waals surface area contributed by atoms with Crippen molar-refractivity contribution in [2.45, 2.75) is 0 Å². The zero-order chi connectivity index (χ0) is 9.26. The molecule has 0 radical (unpaired) electrons. The average Bonchev–Trinajstić information content (AvgIpc) is 2.17. The first kappa shape index (κ1) is 7.79. The van der Waals surface area contributed by atoms with E-state index in [0.29, 0.717) is 11.0 Å². The largest absolute Gasteiger partial charge is 0.489 e. The Kier molecular flexibility index (Phi) is 1.73. The minimum Gasteiger partial charge on any atom is -0.489 e. The van der Waals surface area contributed by atoms with Gasteiger partial charge in [-0.05, 0) is 12.1 Å². The number of hydrogen-bond donors (Lipinski definition) is 1. The molecule has 66 valence electrons. The molecule has 0 saturated carbocycles. The fourth-order valence-electron chi connectivity index (χ4n) is 1.11. The van der Waals surface area contributed by atoms with Gasteiger partial charge in [0, 0.05) is 0 Å². The van der Waals surface area contributed by atoms with Gasteiger partial charge in [0.15, 0.2) is 0 Å². The van der Waals surface area contributed by atoms with Crippen LogP contribution in [0.1, 0.15) is 0 Å². The van der Waals surface area contributed by atoms with Crippen LogP contribution in [0, 0.1) is 0 Å². The summed E-state index contributed by atoms with van der Waals surface area (Å²) in [4.78, 5) is 7.97. The van der Waals surface area contributed by atoms with Crippen LogP contribution in [-0.2, 0) is 0 Å². The van der Waals surface area contributed by atoms with Gasteiger partial charge in [-0.25, -0.2) is 9.97 Å². The zero-order valence-electron chi connectivity index (χ0n) is 7.06. The van der Waals surface area contributed by atoms with Gasteiger partial charge in [-0.2, -0.15) is 0 Å². The Morgan fingerprint density at radius 3 is 2.38 bits per heavy atom. The number of aromatic hydroxyl groups is 1. The van der Waals surface area contributed by atoms with Crippen molar-refractivity contribution in [1.29, 1.82) is 0 Å². The Morgan fingerprint density at radius 1 is 1.15 bits per heavy atom. The van der Waals surface area contributed by atoms with Crippen LogP contribution in [0.25, 0.3) is 11.0 Å². The molecule has 0 aliphatic rings. The van der Waals surface area contributed by atoms with E-state index in [9.17, 15) is 5.11 Å². The molecule has 13 heavy (non-hydrogen) atoms. The first-order valence-electron chi connectivity index (χ1n) is 3.81. The van der Waals surface area contributed by atoms with Crippen molar-refractivity contribution < 1.29 is 9.84 Å². The van der Waals surface area contributed by atoms with E-state index in [0.717, 1.165) is 0 Å². The fourth-order valence-corrected chi connectivity index (χ4v) is 1.11. The first-order valence-corrected chi connectivity index (χ1v) is 3.81. The topological polar surface area (TPSA) is 55.2 Å². The number of para-hydroxylation sites is 2. The third-order valence-corrected chi connectivity index (χ3v) is 1.71. The van der Waals surface area contributed by atoms with Crippen LogP contribution in [-0.4, -0.2) is 22.2 Å². The van der Waals surface area contributed by atoms with Gasteiger partial charge in [-0.1, -0.05) is 12.1 Å². The second kappa shape index (κ2) is 2.90. The van der Waals surface area contributed by atoms with Gasteiger partial charge in [0.2, 0.25) is 0 Å². The molecule has 0 saturated heterocycles. The molecule has 0 spiro atoms. The van der Waals surface area contributed by atoms with Crippen LogP contribution in [0.3, 0.4) is 0 Å². The Labute approximate surface area is 74.8 Å². The molecular weight excluding hydrogens is 168 g/mol. The second-order valence-electron chi connectivity index (χ2n) is 2.55. The lowest BCUT2D eigenvalue weighted by atomic mass is 10.3. The number of ether oxygens (including phenoxy) is 1. The van der Waals surface area contributed by atoms with Crippen LogP contribution in [0.4, 0.5) is 0 Å². The highest BCUT2D eigenvalue weighted by molar-refractivity contribution is 5.75. The lowest BCUT2D eigenvalue weighted by Gasteiger charge is -2.02. The minimum absolute atomic E-state index is 0.152. The maximum absolute atomic E-state index is 9.31. The summed E-state index contributed by atoms with van der Waals surface area (Å²) < 4.78 is 4.83. The lowest BCUT2D eigenvalue weighted by Crippen LogP contribution is -1.91. The normalized spacial score (nSPS) is 10.2. The minimum atomic E-state index is -0.179. The van der Waals surface area contributed by atoms with Gasteiger partial charge in [0.1, 0.15) is 0 Å². The van der Waals surface area contributed by atoms with Gasteiger partial charge in [-0.15, -0.1) is 0 Å². The number of benzene rings is 1. The SMILES string of the molecule is COc1nc2ccccc2nc1O. The van der Waals surface area contributed by atoms with Crippen molar-refractivity contribution in [1.82, 2.24) is 9.97 Å². The first-order chi connectivity index (χ1) is 6.31. The van der Waals surface area contributed by atoms with E-state index >= 15 is 0 Å². The Morgan fingerprint density at radius 2 is 1.77 bits per heavy atom. The highest BCUT2D eigenvalue weighted by Gasteiger charge is 2.05. The monoisotopic (exact) mass is 176 g/mol. The van der Waals surface area contributed by atoms with Crippen molar-refractivity contribution in [3.63, 3.8) is 0 Å². The molecule has 0 fully saturated rings. The molecule has 2 rings (SSSR count). The van der Waals surface area contributed by atoms with Crippen molar-refractivity contribution in [2.24, 2.45) is 0 Å². The van der Waals surface area contributed by atoms with E-state index in [-0.39, 0.29) is 11.8 Å². The van der Waals surface area contributed by atoms with E-state index in [4.69, 9.17) is 4.74 Å². The van der Waals surface area contributed by atoms with Crippen LogP contribution in [0.5, 0.6) is 11.8 Å². The number of hydrogen-bond acceptors (Lipinski definition) is 4. The van der Waals surface area contributed by atoms with E-state index in [1.807, 2.05) is 18.2 Å². The quantitative estimate of drug-likeness (QED) is 0.712. The van der Waals surface area contributed by atoms with Gasteiger partial charge >= 0.3 is 0 Å². The molecule has 4 nitrogen and oxygen atoms in total. The molecular formula is C9H8N2O2. The third-order valence-electron chi connectivity index (χ3n) is 1.71. The van der Waals surface area contributed by atoms with E-state index in [1.165, 1.54) is 7.11 Å². The number of fused-ring (bicyclic) bond motifs is 1. The van der Waals surface area contributed by atoms with Crippen LogP contribution in [0.2, 0.25) is 0 Å². The highest BCUT2D eigenvalue weighted by Crippen LogP contribution is 2.22. The van der Waals surface area contributed by atoms with E-state index in [1.54, 1.807) is 6.07 Å². The highest BCUT2D eigenvalue weighted by atomic mass is 16.5. The smallest absolute Gasteiger partial charge is 0.278 e. The summed E-state index contributed by atoms with van der Waals surface area (Å²) in [6.07, 6.45) is 0. The molecule has 1 N–H and O–H groups in total. The van der Waals surface area contributed by atoms with Crippen LogP contribution >= 0.6 is 0 Å². The lowest BCUT2D eigenvalue weighted by molar-refractivity contribution is 0.351. The second-order valence-corrected chi connectivity index (χ2v) is 2.55. The van der Waals surface area contributed by atoms with Gasteiger partial charge < -0.3 is 9.84 Å². The third kappa shape index (κ3) is 1.26. The maximum atomic E-state index is 9.31. The standard InChI is InChI=1S/C9H8N2O2/c1-13-9-8(12)10-6-4-2-3-5-7(6)11-9/h2-5H,1H3,(H,10,12). The molecule has 0 aliphatic heterocycles. The molecule has 0 aliphatic carbocycles. The summed E-state index contributed by atoms with van der Waals surface area (Å²) in [5.41, 5.74) is 1.36. The molecule has 0 bridgehead atoms. The van der Waals surface area contributed by atoms with Crippen molar-refractivity contribution in [2.75, 3.05) is 7.11 Å². The molecule has 1 aromatic heterocycles. The van der Waals surface area contributed by atoms with Crippen molar-refractivity contribution in [3.05, 3.63) is 24.3 Å². The average molecular weight is 176 g/mol. The molecule has 1 heterocycles. The summed E-state index contributed by atoms with van der Waals surface area (Å²) in [7, 11) is 1.44. The number of methoxy groups -OCH3 is 1. The van der Waals surface area contributed by atoms with Crippen LogP contribution in [0.15, 0.2) is 24.3 Å². The Hall–Kier alpha value is -1.84. The van der Waals surface area contributed by atoms with Gasteiger partial charge in [-0.3, -0.25) is 0 Å². The fraction of sp³-hybridized carbons (Fsp3) is 0.111. The van der Waals surface area contributed by atoms with Crippen molar-refractivity contribution in [3.8, 4) is 11.8 Å². The maximum Gasteiger partial charge on any atom is 0.278 e. The molecule has 1 aromatic carbocycles. The predicted octanol–water partition coefficient (Wildman–Crippen LogP) is 1.34.